The van der Waals surface area contributed by atoms with Gasteiger partial charge in [0.05, 0.1) is 0 Å². The summed E-state index contributed by atoms with van der Waals surface area (Å²) in [6, 6.07) is 0. The van der Waals surface area contributed by atoms with Crippen LogP contribution in [0.1, 0.15) is 25.7 Å². The van der Waals surface area contributed by atoms with Crippen LogP contribution in [0, 0.1) is 0 Å². The van der Waals surface area contributed by atoms with Crippen molar-refractivity contribution in [3.05, 3.63) is 0 Å². The number of hydrogen-bond donors (Lipinski definition) is 1. The topological polar surface area (TPSA) is 20.2 Å². The first-order valence-electron chi connectivity index (χ1n) is 4.70. The Bertz CT molecular complexity index is 128. The number of aliphatic hydroxyl groups excluding tert-OH is 1. The van der Waals surface area contributed by atoms with E-state index in [-0.39, 0.29) is 6.10 Å². The minimum absolute atomic E-state index is 0.0451. The van der Waals surface area contributed by atoms with Gasteiger partial charge in [0.1, 0.15) is 0 Å². The molecule has 0 spiro atoms. The second-order valence-electron chi connectivity index (χ2n) is 4.82. The predicted octanol–water partition coefficient (Wildman–Crippen LogP) is 2.63. The third-order valence-electron chi connectivity index (χ3n) is 2.84. The van der Waals surface area contributed by atoms with E-state index in [4.69, 9.17) is 0 Å². The summed E-state index contributed by atoms with van der Waals surface area (Å²) in [4.78, 5) is 0. The molecule has 1 nitrogen and oxygen atoms in total. The molecule has 0 aliphatic heterocycles. The molecule has 1 N–H and O–H groups in total. The van der Waals surface area contributed by atoms with Gasteiger partial charge >= 0.3 is 72.2 Å². The molecule has 0 unspecified atom stereocenters. The van der Waals surface area contributed by atoms with Gasteiger partial charge in [-0.05, 0) is 0 Å². The first-order chi connectivity index (χ1) is 5.02. The molecule has 0 heterocycles. The van der Waals surface area contributed by atoms with E-state index < -0.39 is 13.3 Å². The van der Waals surface area contributed by atoms with Gasteiger partial charge < -0.3 is 0 Å². The van der Waals surface area contributed by atoms with Gasteiger partial charge in [0.15, 0.2) is 0 Å². The van der Waals surface area contributed by atoms with Crippen LogP contribution in [0.3, 0.4) is 0 Å². The predicted molar refractivity (Wildman–Crippen MR) is 51.6 cm³/mol. The van der Waals surface area contributed by atoms with Crippen LogP contribution in [-0.4, -0.2) is 24.5 Å². The minimum atomic E-state index is -1.55. The average molecular weight is 217 g/mol. The van der Waals surface area contributed by atoms with Crippen molar-refractivity contribution in [1.82, 2.24) is 0 Å². The van der Waals surface area contributed by atoms with E-state index in [0.29, 0.717) is 4.75 Å². The molecular formula is C9H20GeO. The zero-order chi connectivity index (χ0) is 8.48. The number of hydrogen-bond acceptors (Lipinski definition) is 1. The zero-order valence-corrected chi connectivity index (χ0v) is 10.0. The van der Waals surface area contributed by atoms with Crippen LogP contribution >= 0.6 is 0 Å². The van der Waals surface area contributed by atoms with Gasteiger partial charge in [-0.1, -0.05) is 0 Å². The maximum absolute atomic E-state index is 9.75. The van der Waals surface area contributed by atoms with E-state index in [1.807, 2.05) is 0 Å². The molecule has 1 saturated carbocycles. The number of aliphatic hydroxyl groups is 1. The van der Waals surface area contributed by atoms with Gasteiger partial charge in [0, 0.05) is 0 Å². The summed E-state index contributed by atoms with van der Waals surface area (Å²) in [6.07, 6.45) is 5.00. The Labute approximate surface area is 72.5 Å². The van der Waals surface area contributed by atoms with E-state index in [9.17, 15) is 5.11 Å². The Morgan fingerprint density at radius 2 is 1.64 bits per heavy atom. The van der Waals surface area contributed by atoms with Gasteiger partial charge in [-0.15, -0.1) is 0 Å². The van der Waals surface area contributed by atoms with Crippen molar-refractivity contribution in [3.8, 4) is 0 Å². The second-order valence-corrected chi connectivity index (χ2v) is 16.3. The Morgan fingerprint density at radius 3 is 2.00 bits per heavy atom. The summed E-state index contributed by atoms with van der Waals surface area (Å²) in [5, 5.41) is 9.75. The summed E-state index contributed by atoms with van der Waals surface area (Å²) in [6.45, 7) is 0. The van der Waals surface area contributed by atoms with Gasteiger partial charge in [-0.25, -0.2) is 0 Å². The number of rotatable bonds is 1. The maximum atomic E-state index is 9.75. The monoisotopic (exact) mass is 218 g/mol. The first-order valence-corrected chi connectivity index (χ1v) is 12.2. The third-order valence-corrected chi connectivity index (χ3v) is 8.92. The van der Waals surface area contributed by atoms with Gasteiger partial charge in [-0.2, -0.15) is 0 Å². The van der Waals surface area contributed by atoms with Crippen LogP contribution in [0.25, 0.3) is 0 Å². The van der Waals surface area contributed by atoms with Crippen LogP contribution in [0.5, 0.6) is 0 Å². The molecular weight excluding hydrogens is 197 g/mol. The molecule has 0 saturated heterocycles. The van der Waals surface area contributed by atoms with Crippen LogP contribution in [0.2, 0.25) is 22.0 Å². The van der Waals surface area contributed by atoms with Gasteiger partial charge in [-0.3, -0.25) is 0 Å². The van der Waals surface area contributed by atoms with Crippen molar-refractivity contribution in [1.29, 1.82) is 0 Å². The van der Waals surface area contributed by atoms with Crippen LogP contribution in [0.4, 0.5) is 0 Å². The van der Waals surface area contributed by atoms with E-state index in [1.54, 1.807) is 0 Å². The van der Waals surface area contributed by atoms with Crippen LogP contribution < -0.4 is 0 Å². The molecule has 2 heteroatoms. The van der Waals surface area contributed by atoms with Crippen molar-refractivity contribution in [3.63, 3.8) is 0 Å². The molecule has 0 amide bonds. The fourth-order valence-corrected chi connectivity index (χ4v) is 7.14. The van der Waals surface area contributed by atoms with Crippen molar-refractivity contribution in [2.45, 2.75) is 53.8 Å². The summed E-state index contributed by atoms with van der Waals surface area (Å²) in [5.74, 6) is 7.25. The molecule has 0 aromatic carbocycles. The van der Waals surface area contributed by atoms with E-state index >= 15 is 0 Å². The summed E-state index contributed by atoms with van der Waals surface area (Å²) < 4.78 is 0.712. The fraction of sp³-hybridized carbons (Fsp3) is 1.00. The molecule has 1 aliphatic carbocycles. The van der Waals surface area contributed by atoms with E-state index in [1.165, 1.54) is 19.3 Å². The molecule has 66 valence electrons. The Hall–Kier alpha value is 0.503. The Balaban J connectivity index is 2.55. The molecule has 1 aliphatic rings. The quantitative estimate of drug-likeness (QED) is 0.669. The normalized spacial score (nSPS) is 33.8. The molecule has 0 bridgehead atoms. The molecule has 11 heavy (non-hydrogen) atoms. The van der Waals surface area contributed by atoms with Gasteiger partial charge in [0.25, 0.3) is 0 Å². The Morgan fingerprint density at radius 1 is 1.09 bits per heavy atom. The fourth-order valence-electron chi connectivity index (χ4n) is 2.12. The van der Waals surface area contributed by atoms with Crippen LogP contribution in [0.15, 0.2) is 0 Å². The molecule has 0 aromatic heterocycles. The molecule has 0 radical (unpaired) electrons. The average Bonchev–Trinajstić information content (AvgIpc) is 1.86. The van der Waals surface area contributed by atoms with Crippen molar-refractivity contribution in [2.24, 2.45) is 0 Å². The van der Waals surface area contributed by atoms with Crippen molar-refractivity contribution < 1.29 is 5.11 Å². The summed E-state index contributed by atoms with van der Waals surface area (Å²) in [5.41, 5.74) is 0. The standard InChI is InChI=1S/C9H20GeO/c1-10(2,3)8-6-4-5-7-9(8)11/h8-9,11H,4-7H2,1-3H3/t8-,9+/m0/s1. The van der Waals surface area contributed by atoms with Crippen molar-refractivity contribution >= 4 is 13.3 Å². The van der Waals surface area contributed by atoms with E-state index in [2.05, 4.69) is 17.3 Å². The second kappa shape index (κ2) is 3.48. The zero-order valence-electron chi connectivity index (χ0n) is 7.93. The molecule has 1 rings (SSSR count). The first kappa shape index (κ1) is 9.59. The SMILES string of the molecule is [CH3][Ge]([CH3])([CH3])[C@H]1CCCC[C@H]1O. The Kier molecular flexibility index (Phi) is 3.04. The van der Waals surface area contributed by atoms with E-state index in [0.717, 1.165) is 6.42 Å². The molecule has 2 atom stereocenters. The third kappa shape index (κ3) is 2.48. The summed E-state index contributed by atoms with van der Waals surface area (Å²) >= 11 is -1.55. The summed E-state index contributed by atoms with van der Waals surface area (Å²) in [7, 11) is 0. The van der Waals surface area contributed by atoms with Crippen molar-refractivity contribution in [2.75, 3.05) is 0 Å². The molecule has 1 fully saturated rings. The molecule has 0 aromatic rings. The van der Waals surface area contributed by atoms with Gasteiger partial charge in [0.2, 0.25) is 0 Å². The van der Waals surface area contributed by atoms with Crippen LogP contribution in [-0.2, 0) is 0 Å².